The summed E-state index contributed by atoms with van der Waals surface area (Å²) in [5.41, 5.74) is 9.04. The molecular formula is C36H47Cl2N9O5. The molecule has 1 aliphatic rings. The number of carbonyl (C=O) groups is 3. The van der Waals surface area contributed by atoms with Gasteiger partial charge in [0.25, 0.3) is 11.8 Å². The lowest BCUT2D eigenvalue weighted by atomic mass is 10.1. The monoisotopic (exact) mass is 755 g/mol. The number of para-hydroxylation sites is 1. The van der Waals surface area contributed by atoms with Crippen molar-refractivity contribution in [2.75, 3.05) is 69.5 Å². The fourth-order valence-corrected chi connectivity index (χ4v) is 5.79. The van der Waals surface area contributed by atoms with E-state index in [1.54, 1.807) is 43.4 Å². The molecule has 3 amide bonds. The first-order valence-electron chi connectivity index (χ1n) is 16.6. The fraction of sp³-hybridized carbons (Fsp3) is 0.361. The van der Waals surface area contributed by atoms with Crippen molar-refractivity contribution in [1.82, 2.24) is 19.8 Å². The van der Waals surface area contributed by atoms with Crippen molar-refractivity contribution in [3.05, 3.63) is 71.3 Å². The lowest BCUT2D eigenvalue weighted by molar-refractivity contribution is -0.132. The van der Waals surface area contributed by atoms with Crippen LogP contribution in [-0.2, 0) is 4.79 Å². The van der Waals surface area contributed by atoms with E-state index >= 15 is 0 Å². The van der Waals surface area contributed by atoms with Gasteiger partial charge in [-0.3, -0.25) is 25.1 Å². The summed E-state index contributed by atoms with van der Waals surface area (Å²) in [6, 6.07) is 15.6. The molecule has 4 aromatic rings. The summed E-state index contributed by atoms with van der Waals surface area (Å²) < 4.78 is 11.7. The zero-order valence-electron chi connectivity index (χ0n) is 29.8. The Kier molecular flexibility index (Phi) is 15.1. The van der Waals surface area contributed by atoms with Gasteiger partial charge in [-0.2, -0.15) is 0 Å². The largest absolute Gasteiger partial charge is 0.495 e. The molecule has 0 aliphatic carbocycles. The third-order valence-electron chi connectivity index (χ3n) is 8.64. The second kappa shape index (κ2) is 19.0. The van der Waals surface area contributed by atoms with Crippen LogP contribution in [0.2, 0.25) is 0 Å². The van der Waals surface area contributed by atoms with Crippen LogP contribution in [0.3, 0.4) is 0 Å². The van der Waals surface area contributed by atoms with Gasteiger partial charge in [0.1, 0.15) is 17.0 Å². The molecule has 1 saturated heterocycles. The number of fused-ring (bicyclic) bond motifs is 1. The van der Waals surface area contributed by atoms with Crippen LogP contribution in [0.15, 0.2) is 54.6 Å². The highest BCUT2D eigenvalue weighted by molar-refractivity contribution is 6.13. The van der Waals surface area contributed by atoms with Crippen LogP contribution in [0, 0.1) is 12.3 Å². The molecule has 0 spiro atoms. The number of amides is 3. The average Bonchev–Trinajstić information content (AvgIpc) is 3.51. The number of unbranched alkanes of at least 4 members (excludes halogenated alkanes) is 2. The lowest BCUT2D eigenvalue weighted by Gasteiger charge is -2.32. The first kappa shape index (κ1) is 41.4. The maximum Gasteiger partial charge on any atom is 0.258 e. The van der Waals surface area contributed by atoms with Gasteiger partial charge in [-0.05, 0) is 81.3 Å². The number of nitrogens with one attached hydrogen (secondary N) is 4. The molecule has 0 unspecified atom stereocenters. The third-order valence-corrected chi connectivity index (χ3v) is 8.64. The summed E-state index contributed by atoms with van der Waals surface area (Å²) in [5.74, 6) is 0.347. The maximum absolute atomic E-state index is 13.7. The van der Waals surface area contributed by atoms with Crippen LogP contribution in [0.5, 0.6) is 11.5 Å². The molecule has 1 aliphatic heterocycles. The van der Waals surface area contributed by atoms with Crippen LogP contribution in [0.1, 0.15) is 52.0 Å². The number of hydrogen-bond acceptors (Lipinski definition) is 8. The zero-order valence-corrected chi connectivity index (χ0v) is 31.4. The molecule has 14 nitrogen and oxygen atoms in total. The second-order valence-electron chi connectivity index (χ2n) is 12.4. The number of halogens is 2. The van der Waals surface area contributed by atoms with E-state index in [1.165, 1.54) is 12.0 Å². The van der Waals surface area contributed by atoms with E-state index in [9.17, 15) is 14.4 Å². The number of piperazine rings is 1. The molecule has 280 valence electrons. The SMILES string of the molecule is COc1cc(C(=O)N(C)c2ccc(C)cc2OCCCCCC(=O)N2CCN(C)CC2)ccc1NC(=O)c1cccc2[nH]c(NC(=N)N)nc12.Cl.Cl. The number of methoxy groups -OCH3 is 1. The number of H-pyrrole nitrogens is 1. The summed E-state index contributed by atoms with van der Waals surface area (Å²) in [5, 5.41) is 12.9. The van der Waals surface area contributed by atoms with Gasteiger partial charge in [-0.25, -0.2) is 4.98 Å². The standard InChI is InChI=1S/C36H45N9O5.2ClH/c1-23-12-15-28(30(21-23)50-20-7-5-6-11-31(46)45-18-16-43(2)17-19-45)44(3)34(48)24-13-14-26(29(22-24)49-4)39-33(47)25-9-8-10-27-32(25)41-36(40-27)42-35(37)38;;/h8-10,12-15,21-22H,5-7,11,16-20H2,1-4H3,(H,39,47)(H5,37,38,40,41,42);2*1H. The highest BCUT2D eigenvalue weighted by atomic mass is 35.5. The summed E-state index contributed by atoms with van der Waals surface area (Å²) in [4.78, 5) is 52.6. The van der Waals surface area contributed by atoms with Crippen molar-refractivity contribution in [3.63, 3.8) is 0 Å². The Labute approximate surface area is 315 Å². The number of imidazole rings is 1. The number of guanidine groups is 1. The topological polar surface area (TPSA) is 182 Å². The molecule has 1 aromatic heterocycles. The van der Waals surface area contributed by atoms with Crippen LogP contribution >= 0.6 is 24.8 Å². The van der Waals surface area contributed by atoms with Gasteiger partial charge in [-0.1, -0.05) is 12.1 Å². The van der Waals surface area contributed by atoms with Gasteiger partial charge in [-0.15, -0.1) is 24.8 Å². The number of carbonyl (C=O) groups excluding carboxylic acids is 3. The molecule has 0 radical (unpaired) electrons. The Morgan fingerprint density at radius 1 is 0.981 bits per heavy atom. The Morgan fingerprint density at radius 2 is 1.73 bits per heavy atom. The predicted molar refractivity (Wildman–Crippen MR) is 209 cm³/mol. The molecular weight excluding hydrogens is 709 g/mol. The zero-order chi connectivity index (χ0) is 35.8. The molecule has 0 saturated carbocycles. The minimum atomic E-state index is -0.436. The highest BCUT2D eigenvalue weighted by Crippen LogP contribution is 2.32. The number of likely N-dealkylation sites (N-methyl/N-ethyl adjacent to an activating group) is 1. The summed E-state index contributed by atoms with van der Waals surface area (Å²) >= 11 is 0. The van der Waals surface area contributed by atoms with E-state index < -0.39 is 5.91 Å². The number of aromatic nitrogens is 2. The molecule has 0 bridgehead atoms. The number of ether oxygens (including phenoxy) is 2. The number of aromatic amines is 1. The van der Waals surface area contributed by atoms with Gasteiger partial charge < -0.3 is 40.2 Å². The number of nitrogens with two attached hydrogens (primary N) is 1. The fourth-order valence-electron chi connectivity index (χ4n) is 5.79. The molecule has 6 N–H and O–H groups in total. The number of hydrogen-bond donors (Lipinski definition) is 5. The van der Waals surface area contributed by atoms with Crippen molar-refractivity contribution in [2.24, 2.45) is 5.73 Å². The number of anilines is 3. The van der Waals surface area contributed by atoms with Crippen LogP contribution in [0.4, 0.5) is 17.3 Å². The lowest BCUT2D eigenvalue weighted by Crippen LogP contribution is -2.47. The Morgan fingerprint density at radius 3 is 2.44 bits per heavy atom. The molecule has 16 heteroatoms. The Balaban J connectivity index is 0.00000364. The molecule has 52 heavy (non-hydrogen) atoms. The average molecular weight is 757 g/mol. The molecule has 0 atom stereocenters. The number of nitrogens with zero attached hydrogens (tertiary/aromatic N) is 4. The predicted octanol–water partition coefficient (Wildman–Crippen LogP) is 5.27. The van der Waals surface area contributed by atoms with Crippen LogP contribution in [-0.4, -0.2) is 97.4 Å². The molecule has 1 fully saturated rings. The van der Waals surface area contributed by atoms with Crippen molar-refractivity contribution >= 4 is 76.9 Å². The Bertz CT molecular complexity index is 1880. The van der Waals surface area contributed by atoms with Gasteiger partial charge >= 0.3 is 0 Å². The minimum absolute atomic E-state index is 0. The van der Waals surface area contributed by atoms with Gasteiger partial charge in [0.05, 0.1) is 36.2 Å². The Hall–Kier alpha value is -5.05. The minimum Gasteiger partial charge on any atom is -0.495 e. The van der Waals surface area contributed by atoms with Crippen molar-refractivity contribution < 1.29 is 23.9 Å². The number of benzene rings is 3. The van der Waals surface area contributed by atoms with E-state index in [1.807, 2.05) is 30.0 Å². The van der Waals surface area contributed by atoms with Crippen LogP contribution in [0.25, 0.3) is 11.0 Å². The van der Waals surface area contributed by atoms with E-state index in [4.69, 9.17) is 20.6 Å². The summed E-state index contributed by atoms with van der Waals surface area (Å²) in [6.45, 7) is 5.85. The first-order valence-corrected chi connectivity index (χ1v) is 16.6. The maximum atomic E-state index is 13.7. The molecule has 3 aromatic carbocycles. The van der Waals surface area contributed by atoms with Crippen molar-refractivity contribution in [3.8, 4) is 11.5 Å². The van der Waals surface area contributed by atoms with Crippen molar-refractivity contribution in [2.45, 2.75) is 32.6 Å². The normalized spacial score (nSPS) is 12.7. The second-order valence-corrected chi connectivity index (χ2v) is 12.4. The van der Waals surface area contributed by atoms with E-state index in [0.29, 0.717) is 58.1 Å². The first-order chi connectivity index (χ1) is 24.0. The molecule has 2 heterocycles. The summed E-state index contributed by atoms with van der Waals surface area (Å²) in [7, 11) is 5.23. The smallest absolute Gasteiger partial charge is 0.258 e. The highest BCUT2D eigenvalue weighted by Gasteiger charge is 2.22. The van der Waals surface area contributed by atoms with E-state index in [0.717, 1.165) is 51.0 Å². The number of aryl methyl sites for hydroxylation is 1. The van der Waals surface area contributed by atoms with E-state index in [-0.39, 0.29) is 48.5 Å². The van der Waals surface area contributed by atoms with Gasteiger partial charge in [0, 0.05) is 45.2 Å². The van der Waals surface area contributed by atoms with Crippen LogP contribution < -0.4 is 30.7 Å². The quantitative estimate of drug-likeness (QED) is 0.0690. The molecule has 5 rings (SSSR count). The van der Waals surface area contributed by atoms with Gasteiger partial charge in [0.15, 0.2) is 5.96 Å². The van der Waals surface area contributed by atoms with Gasteiger partial charge in [0.2, 0.25) is 11.9 Å². The third kappa shape index (κ3) is 10.3. The van der Waals surface area contributed by atoms with Crippen molar-refractivity contribution in [1.29, 1.82) is 5.41 Å². The number of rotatable bonds is 13. The van der Waals surface area contributed by atoms with E-state index in [2.05, 4.69) is 32.5 Å². The summed E-state index contributed by atoms with van der Waals surface area (Å²) in [6.07, 6.45) is 3.01.